The van der Waals surface area contributed by atoms with Crippen molar-refractivity contribution in [3.8, 4) is 0 Å². The fourth-order valence-electron chi connectivity index (χ4n) is 2.40. The molecular weight excluding hydrogens is 190 g/mol. The number of nitrogens with one attached hydrogen (secondary N) is 1. The van der Waals surface area contributed by atoms with E-state index in [1.54, 1.807) is 0 Å². The van der Waals surface area contributed by atoms with Crippen LogP contribution in [0.3, 0.4) is 0 Å². The van der Waals surface area contributed by atoms with E-state index >= 15 is 0 Å². The van der Waals surface area contributed by atoms with Gasteiger partial charge in [-0.1, -0.05) is 0 Å². The molecule has 4 heteroatoms. The summed E-state index contributed by atoms with van der Waals surface area (Å²) in [4.78, 5) is 2.36. The number of ether oxygens (including phenoxy) is 1. The molecule has 0 aliphatic carbocycles. The Morgan fingerprint density at radius 3 is 2.67 bits per heavy atom. The Bertz CT molecular complexity index is 192. The lowest BCUT2D eigenvalue weighted by Gasteiger charge is -2.36. The Labute approximate surface area is 92.1 Å². The minimum absolute atomic E-state index is 0.179. The SMILES string of the molecule is CN1CCC(OC2CCNCC2N)CC1. The van der Waals surface area contributed by atoms with Gasteiger partial charge in [-0.25, -0.2) is 0 Å². The van der Waals surface area contributed by atoms with Crippen molar-refractivity contribution < 1.29 is 4.74 Å². The van der Waals surface area contributed by atoms with Crippen molar-refractivity contribution in [3.63, 3.8) is 0 Å². The van der Waals surface area contributed by atoms with Gasteiger partial charge in [0.05, 0.1) is 12.2 Å². The third kappa shape index (κ3) is 3.14. The van der Waals surface area contributed by atoms with Gasteiger partial charge in [0.1, 0.15) is 0 Å². The average Bonchev–Trinajstić information content (AvgIpc) is 2.25. The predicted molar refractivity (Wildman–Crippen MR) is 60.9 cm³/mol. The number of likely N-dealkylation sites (tertiary alicyclic amines) is 1. The fourth-order valence-corrected chi connectivity index (χ4v) is 2.40. The number of nitrogens with zero attached hydrogens (tertiary/aromatic N) is 1. The van der Waals surface area contributed by atoms with Gasteiger partial charge in [0, 0.05) is 25.7 Å². The topological polar surface area (TPSA) is 50.5 Å². The molecule has 0 aromatic rings. The largest absolute Gasteiger partial charge is 0.373 e. The molecule has 2 aliphatic heterocycles. The van der Waals surface area contributed by atoms with E-state index in [0.29, 0.717) is 6.10 Å². The van der Waals surface area contributed by atoms with Gasteiger partial charge >= 0.3 is 0 Å². The summed E-state index contributed by atoms with van der Waals surface area (Å²) in [6.07, 6.45) is 4.10. The summed E-state index contributed by atoms with van der Waals surface area (Å²) >= 11 is 0. The van der Waals surface area contributed by atoms with Gasteiger partial charge in [-0.3, -0.25) is 0 Å². The Hall–Kier alpha value is -0.160. The summed E-state index contributed by atoms with van der Waals surface area (Å²) < 4.78 is 6.10. The average molecular weight is 213 g/mol. The first kappa shape index (κ1) is 11.3. The zero-order valence-corrected chi connectivity index (χ0v) is 9.61. The molecule has 0 spiro atoms. The van der Waals surface area contributed by atoms with E-state index < -0.39 is 0 Å². The third-order valence-corrected chi connectivity index (χ3v) is 3.50. The van der Waals surface area contributed by atoms with Gasteiger partial charge in [0.15, 0.2) is 0 Å². The Kier molecular flexibility index (Phi) is 3.97. The molecule has 0 bridgehead atoms. The summed E-state index contributed by atoms with van der Waals surface area (Å²) in [6.45, 7) is 4.26. The Balaban J connectivity index is 1.75. The first-order valence-electron chi connectivity index (χ1n) is 6.06. The van der Waals surface area contributed by atoms with Crippen LogP contribution in [-0.2, 0) is 4.74 Å². The van der Waals surface area contributed by atoms with Crippen LogP contribution in [0.2, 0.25) is 0 Å². The smallest absolute Gasteiger partial charge is 0.0754 e. The highest BCUT2D eigenvalue weighted by Gasteiger charge is 2.26. The lowest BCUT2D eigenvalue weighted by molar-refractivity contribution is -0.0582. The molecule has 0 aromatic carbocycles. The molecule has 2 heterocycles. The second-order valence-electron chi connectivity index (χ2n) is 4.83. The van der Waals surface area contributed by atoms with E-state index in [1.165, 1.54) is 0 Å². The van der Waals surface area contributed by atoms with Crippen molar-refractivity contribution in [1.82, 2.24) is 10.2 Å². The van der Waals surface area contributed by atoms with E-state index in [0.717, 1.165) is 45.4 Å². The van der Waals surface area contributed by atoms with Crippen LogP contribution in [0.5, 0.6) is 0 Å². The summed E-state index contributed by atoms with van der Waals surface area (Å²) in [7, 11) is 2.17. The second-order valence-corrected chi connectivity index (χ2v) is 4.83. The van der Waals surface area contributed by atoms with E-state index in [4.69, 9.17) is 10.5 Å². The highest BCUT2D eigenvalue weighted by atomic mass is 16.5. The monoisotopic (exact) mass is 213 g/mol. The molecule has 2 aliphatic rings. The molecule has 15 heavy (non-hydrogen) atoms. The predicted octanol–water partition coefficient (Wildman–Crippen LogP) is -0.214. The van der Waals surface area contributed by atoms with Gasteiger partial charge in [-0.15, -0.1) is 0 Å². The van der Waals surface area contributed by atoms with E-state index in [-0.39, 0.29) is 12.1 Å². The van der Waals surface area contributed by atoms with Crippen molar-refractivity contribution in [2.24, 2.45) is 5.73 Å². The first-order valence-corrected chi connectivity index (χ1v) is 6.06. The van der Waals surface area contributed by atoms with E-state index in [1.807, 2.05) is 0 Å². The van der Waals surface area contributed by atoms with Crippen LogP contribution < -0.4 is 11.1 Å². The molecule has 0 saturated carbocycles. The molecule has 88 valence electrons. The number of piperidine rings is 2. The third-order valence-electron chi connectivity index (χ3n) is 3.50. The van der Waals surface area contributed by atoms with Crippen LogP contribution in [0.15, 0.2) is 0 Å². The summed E-state index contributed by atoms with van der Waals surface area (Å²) in [6, 6.07) is 0.179. The normalized spacial score (nSPS) is 35.6. The standard InChI is InChI=1S/C11H23N3O/c1-14-6-3-9(4-7-14)15-11-2-5-13-8-10(11)12/h9-11,13H,2-8,12H2,1H3. The first-order chi connectivity index (χ1) is 7.25. The van der Waals surface area contributed by atoms with Crippen molar-refractivity contribution in [2.75, 3.05) is 33.2 Å². The Morgan fingerprint density at radius 2 is 2.00 bits per heavy atom. The number of hydrogen-bond donors (Lipinski definition) is 2. The molecule has 2 rings (SSSR count). The summed E-state index contributed by atoms with van der Waals surface area (Å²) in [5.74, 6) is 0. The molecule has 2 atom stereocenters. The van der Waals surface area contributed by atoms with Crippen molar-refractivity contribution in [2.45, 2.75) is 37.5 Å². The lowest BCUT2D eigenvalue weighted by atomic mass is 10.0. The maximum atomic E-state index is 6.10. The lowest BCUT2D eigenvalue weighted by Crippen LogP contribution is -2.52. The molecule has 2 unspecified atom stereocenters. The molecule has 2 saturated heterocycles. The quantitative estimate of drug-likeness (QED) is 0.666. The van der Waals surface area contributed by atoms with Gasteiger partial charge in [0.25, 0.3) is 0 Å². The summed E-state index contributed by atoms with van der Waals surface area (Å²) in [5.41, 5.74) is 6.03. The number of rotatable bonds is 2. The van der Waals surface area contributed by atoms with Crippen LogP contribution >= 0.6 is 0 Å². The maximum absolute atomic E-state index is 6.10. The van der Waals surface area contributed by atoms with Crippen LogP contribution in [-0.4, -0.2) is 56.4 Å². The molecule has 0 radical (unpaired) electrons. The number of hydrogen-bond acceptors (Lipinski definition) is 4. The molecule has 0 amide bonds. The molecule has 0 aromatic heterocycles. The highest BCUT2D eigenvalue weighted by molar-refractivity contribution is 4.83. The fraction of sp³-hybridized carbons (Fsp3) is 1.00. The molecule has 4 nitrogen and oxygen atoms in total. The minimum atomic E-state index is 0.179. The second kappa shape index (κ2) is 5.25. The van der Waals surface area contributed by atoms with Gasteiger partial charge < -0.3 is 20.7 Å². The maximum Gasteiger partial charge on any atom is 0.0754 e. The highest BCUT2D eigenvalue weighted by Crippen LogP contribution is 2.17. The van der Waals surface area contributed by atoms with Gasteiger partial charge in [-0.2, -0.15) is 0 Å². The molecule has 2 fully saturated rings. The molecule has 3 N–H and O–H groups in total. The van der Waals surface area contributed by atoms with E-state index in [2.05, 4.69) is 17.3 Å². The van der Waals surface area contributed by atoms with Crippen molar-refractivity contribution >= 4 is 0 Å². The number of nitrogens with two attached hydrogens (primary N) is 1. The van der Waals surface area contributed by atoms with Crippen LogP contribution in [0.25, 0.3) is 0 Å². The van der Waals surface area contributed by atoms with E-state index in [9.17, 15) is 0 Å². The van der Waals surface area contributed by atoms with Crippen molar-refractivity contribution in [1.29, 1.82) is 0 Å². The van der Waals surface area contributed by atoms with Gasteiger partial charge in [-0.05, 0) is 32.9 Å². The molecular formula is C11H23N3O. The summed E-state index contributed by atoms with van der Waals surface area (Å²) in [5, 5.41) is 3.30. The van der Waals surface area contributed by atoms with Crippen LogP contribution in [0, 0.1) is 0 Å². The van der Waals surface area contributed by atoms with Crippen LogP contribution in [0.1, 0.15) is 19.3 Å². The van der Waals surface area contributed by atoms with Gasteiger partial charge in [0.2, 0.25) is 0 Å². The van der Waals surface area contributed by atoms with Crippen LogP contribution in [0.4, 0.5) is 0 Å². The van der Waals surface area contributed by atoms with Crippen molar-refractivity contribution in [3.05, 3.63) is 0 Å². The minimum Gasteiger partial charge on any atom is -0.373 e. The zero-order valence-electron chi connectivity index (χ0n) is 9.61. The zero-order chi connectivity index (χ0) is 10.7. The Morgan fingerprint density at radius 1 is 1.27 bits per heavy atom.